The van der Waals surface area contributed by atoms with E-state index in [0.717, 1.165) is 4.88 Å². The standard InChI is InChI=1S/C21H23N3O5S2/c1-3-11-24(13-18-22-23-20(29-18)16-9-7-12-30-16)19(25)14-28-21(26)15-8-5-6-10-17(15)31(27)4-2/h5-10,12H,3-4,11,13-14H2,1-2H3. The largest absolute Gasteiger partial charge is 0.452 e. The summed E-state index contributed by atoms with van der Waals surface area (Å²) in [4.78, 5) is 27.9. The summed E-state index contributed by atoms with van der Waals surface area (Å²) in [5.74, 6) is 0.0340. The predicted octanol–water partition coefficient (Wildman–Crippen LogP) is 3.52. The molecule has 2 aromatic heterocycles. The molecule has 1 aromatic carbocycles. The van der Waals surface area contributed by atoms with E-state index in [1.54, 1.807) is 31.2 Å². The molecule has 10 heteroatoms. The monoisotopic (exact) mass is 461 g/mol. The maximum absolute atomic E-state index is 12.7. The van der Waals surface area contributed by atoms with Crippen LogP contribution in [0, 0.1) is 0 Å². The number of benzene rings is 1. The van der Waals surface area contributed by atoms with Gasteiger partial charge >= 0.3 is 5.97 Å². The van der Waals surface area contributed by atoms with Crippen LogP contribution in [0.25, 0.3) is 10.8 Å². The Labute approximate surface area is 186 Å². The average molecular weight is 462 g/mol. The summed E-state index contributed by atoms with van der Waals surface area (Å²) in [6, 6.07) is 10.3. The first-order chi connectivity index (χ1) is 15.0. The van der Waals surface area contributed by atoms with Crippen molar-refractivity contribution in [3.05, 3.63) is 53.2 Å². The van der Waals surface area contributed by atoms with E-state index < -0.39 is 23.4 Å². The maximum Gasteiger partial charge on any atom is 0.339 e. The summed E-state index contributed by atoms with van der Waals surface area (Å²) >= 11 is 1.48. The molecule has 0 aliphatic rings. The maximum atomic E-state index is 12.7. The third-order valence-corrected chi connectivity index (χ3v) is 6.54. The number of carbonyl (C=O) groups is 2. The van der Waals surface area contributed by atoms with Gasteiger partial charge in [-0.25, -0.2) is 4.79 Å². The normalized spacial score (nSPS) is 11.8. The van der Waals surface area contributed by atoms with Crippen molar-refractivity contribution in [2.24, 2.45) is 0 Å². The molecule has 1 unspecified atom stereocenters. The fraction of sp³-hybridized carbons (Fsp3) is 0.333. The van der Waals surface area contributed by atoms with Crippen LogP contribution in [-0.4, -0.2) is 50.1 Å². The van der Waals surface area contributed by atoms with Gasteiger partial charge in [0.2, 0.25) is 5.89 Å². The Morgan fingerprint density at radius 3 is 2.68 bits per heavy atom. The molecule has 1 amide bonds. The zero-order valence-corrected chi connectivity index (χ0v) is 18.9. The lowest BCUT2D eigenvalue weighted by atomic mass is 10.2. The highest BCUT2D eigenvalue weighted by molar-refractivity contribution is 7.85. The Balaban J connectivity index is 1.63. The molecule has 0 fully saturated rings. The average Bonchev–Trinajstić information content (AvgIpc) is 3.48. The Morgan fingerprint density at radius 1 is 1.16 bits per heavy atom. The van der Waals surface area contributed by atoms with Crippen molar-refractivity contribution in [2.75, 3.05) is 18.9 Å². The van der Waals surface area contributed by atoms with E-state index in [-0.39, 0.29) is 18.0 Å². The molecule has 0 aliphatic carbocycles. The molecule has 0 saturated carbocycles. The second-order valence-electron chi connectivity index (χ2n) is 6.50. The first-order valence-electron chi connectivity index (χ1n) is 9.82. The summed E-state index contributed by atoms with van der Waals surface area (Å²) in [6.45, 7) is 3.85. The number of thiophene rings is 1. The third kappa shape index (κ3) is 5.86. The van der Waals surface area contributed by atoms with Crippen molar-refractivity contribution >= 4 is 34.0 Å². The molecule has 3 aromatic rings. The van der Waals surface area contributed by atoms with Gasteiger partial charge in [-0.05, 0) is 30.0 Å². The van der Waals surface area contributed by atoms with E-state index in [4.69, 9.17) is 9.15 Å². The van der Waals surface area contributed by atoms with E-state index in [9.17, 15) is 13.8 Å². The van der Waals surface area contributed by atoms with Crippen molar-refractivity contribution in [1.29, 1.82) is 0 Å². The summed E-state index contributed by atoms with van der Waals surface area (Å²) in [5.41, 5.74) is 0.204. The van der Waals surface area contributed by atoms with Crippen LogP contribution < -0.4 is 0 Å². The Hall–Kier alpha value is -2.85. The molecule has 0 N–H and O–H groups in total. The molecular formula is C21H23N3O5S2. The van der Waals surface area contributed by atoms with Gasteiger partial charge in [0.1, 0.15) is 0 Å². The number of hydrogen-bond donors (Lipinski definition) is 0. The fourth-order valence-electron chi connectivity index (χ4n) is 2.83. The van der Waals surface area contributed by atoms with E-state index >= 15 is 0 Å². The van der Waals surface area contributed by atoms with Crippen molar-refractivity contribution in [2.45, 2.75) is 31.7 Å². The van der Waals surface area contributed by atoms with Crippen molar-refractivity contribution in [1.82, 2.24) is 15.1 Å². The minimum Gasteiger partial charge on any atom is -0.452 e. The van der Waals surface area contributed by atoms with Crippen LogP contribution in [0.1, 0.15) is 36.5 Å². The van der Waals surface area contributed by atoms with Crippen LogP contribution >= 0.6 is 11.3 Å². The van der Waals surface area contributed by atoms with Crippen LogP contribution in [0.2, 0.25) is 0 Å². The van der Waals surface area contributed by atoms with Gasteiger partial charge in [0, 0.05) is 12.3 Å². The quantitative estimate of drug-likeness (QED) is 0.426. The molecule has 0 aliphatic heterocycles. The SMILES string of the molecule is CCCN(Cc1nnc(-c2cccs2)o1)C(=O)COC(=O)c1ccccc1S(=O)CC. The number of hydrogen-bond acceptors (Lipinski definition) is 8. The number of esters is 1. The molecule has 2 heterocycles. The molecule has 1 atom stereocenters. The number of rotatable bonds is 10. The van der Waals surface area contributed by atoms with Crippen LogP contribution in [0.5, 0.6) is 0 Å². The highest BCUT2D eigenvalue weighted by Crippen LogP contribution is 2.23. The molecule has 8 nitrogen and oxygen atoms in total. The summed E-state index contributed by atoms with van der Waals surface area (Å²) in [6.07, 6.45) is 0.712. The second kappa shape index (κ2) is 11.0. The fourth-order valence-corrected chi connectivity index (χ4v) is 4.41. The first kappa shape index (κ1) is 22.8. The highest BCUT2D eigenvalue weighted by atomic mass is 32.2. The van der Waals surface area contributed by atoms with Gasteiger partial charge in [0.25, 0.3) is 11.8 Å². The molecule has 0 spiro atoms. The number of ether oxygens (including phenoxy) is 1. The number of amides is 1. The van der Waals surface area contributed by atoms with Gasteiger partial charge in [-0.15, -0.1) is 21.5 Å². The molecule has 0 bridgehead atoms. The minimum atomic E-state index is -1.31. The third-order valence-electron chi connectivity index (χ3n) is 4.31. The van der Waals surface area contributed by atoms with Gasteiger partial charge in [0.05, 0.1) is 32.7 Å². The van der Waals surface area contributed by atoms with Crippen molar-refractivity contribution < 1.29 is 23.0 Å². The molecule has 3 rings (SSSR count). The van der Waals surface area contributed by atoms with Gasteiger partial charge in [0.15, 0.2) is 6.61 Å². The van der Waals surface area contributed by atoms with Crippen LogP contribution in [-0.2, 0) is 26.9 Å². The molecule has 164 valence electrons. The summed E-state index contributed by atoms with van der Waals surface area (Å²) in [7, 11) is -1.31. The Kier molecular flexibility index (Phi) is 8.07. The second-order valence-corrected chi connectivity index (χ2v) is 9.16. The molecule has 31 heavy (non-hydrogen) atoms. The molecule has 0 radical (unpaired) electrons. The lowest BCUT2D eigenvalue weighted by molar-refractivity contribution is -0.135. The van der Waals surface area contributed by atoms with E-state index in [2.05, 4.69) is 10.2 Å². The zero-order valence-electron chi connectivity index (χ0n) is 17.3. The summed E-state index contributed by atoms with van der Waals surface area (Å²) in [5, 5.41) is 9.95. The molecular weight excluding hydrogens is 438 g/mol. The van der Waals surface area contributed by atoms with E-state index in [1.807, 2.05) is 24.4 Å². The number of aromatic nitrogens is 2. The van der Waals surface area contributed by atoms with Crippen molar-refractivity contribution in [3.63, 3.8) is 0 Å². The van der Waals surface area contributed by atoms with Crippen molar-refractivity contribution in [3.8, 4) is 10.8 Å². The van der Waals surface area contributed by atoms with Gasteiger partial charge in [-0.1, -0.05) is 32.0 Å². The molecule has 0 saturated heterocycles. The van der Waals surface area contributed by atoms with E-state index in [0.29, 0.717) is 35.4 Å². The Bertz CT molecular complexity index is 1050. The first-order valence-corrected chi connectivity index (χ1v) is 12.0. The van der Waals surface area contributed by atoms with Gasteiger partial charge in [-0.3, -0.25) is 9.00 Å². The Morgan fingerprint density at radius 2 is 1.97 bits per heavy atom. The highest BCUT2D eigenvalue weighted by Gasteiger charge is 2.21. The van der Waals surface area contributed by atoms with Crippen LogP contribution in [0.15, 0.2) is 51.1 Å². The lowest BCUT2D eigenvalue weighted by Gasteiger charge is -2.20. The smallest absolute Gasteiger partial charge is 0.339 e. The number of carbonyl (C=O) groups excluding carboxylic acids is 2. The predicted molar refractivity (Wildman–Crippen MR) is 117 cm³/mol. The van der Waals surface area contributed by atoms with Crippen LogP contribution in [0.3, 0.4) is 0 Å². The summed E-state index contributed by atoms with van der Waals surface area (Å²) < 4.78 is 23.0. The van der Waals surface area contributed by atoms with E-state index in [1.165, 1.54) is 16.2 Å². The zero-order chi connectivity index (χ0) is 22.2. The number of nitrogens with zero attached hydrogens (tertiary/aromatic N) is 3. The van der Waals surface area contributed by atoms with Gasteiger partial charge < -0.3 is 14.1 Å². The van der Waals surface area contributed by atoms with Gasteiger partial charge in [-0.2, -0.15) is 0 Å². The topological polar surface area (TPSA) is 103 Å². The minimum absolute atomic E-state index is 0.124. The van der Waals surface area contributed by atoms with Crippen LogP contribution in [0.4, 0.5) is 0 Å². The lowest BCUT2D eigenvalue weighted by Crippen LogP contribution is -2.35.